The van der Waals surface area contributed by atoms with Crippen molar-refractivity contribution in [1.82, 2.24) is 0 Å². The van der Waals surface area contributed by atoms with Crippen LogP contribution in [0, 0.1) is 11.8 Å². The molecule has 1 aromatic rings. The molecule has 23 heavy (non-hydrogen) atoms. The molecule has 0 bridgehead atoms. The molecule has 0 saturated heterocycles. The lowest BCUT2D eigenvalue weighted by molar-refractivity contribution is -0.137. The Labute approximate surface area is 139 Å². The molecule has 4 nitrogen and oxygen atoms in total. The van der Waals surface area contributed by atoms with E-state index in [1.807, 2.05) is 25.1 Å². The number of carboxylic acid groups (broad SMARTS) is 1. The number of rotatable bonds is 10. The monoisotopic (exact) mass is 322 g/mol. The number of ether oxygens (including phenoxy) is 2. The lowest BCUT2D eigenvalue weighted by Crippen LogP contribution is -2.10. The Bertz CT molecular complexity index is 494. The van der Waals surface area contributed by atoms with E-state index in [2.05, 4.69) is 27.7 Å². The van der Waals surface area contributed by atoms with E-state index >= 15 is 0 Å². The molecule has 4 heteroatoms. The van der Waals surface area contributed by atoms with E-state index in [1.54, 1.807) is 0 Å². The van der Waals surface area contributed by atoms with Crippen molar-refractivity contribution < 1.29 is 19.4 Å². The Kier molecular flexibility index (Phi) is 7.93. The van der Waals surface area contributed by atoms with Crippen molar-refractivity contribution in [2.45, 2.75) is 53.4 Å². The van der Waals surface area contributed by atoms with Crippen LogP contribution in [-0.4, -0.2) is 24.3 Å². The van der Waals surface area contributed by atoms with E-state index in [0.717, 1.165) is 17.7 Å². The first kappa shape index (κ1) is 19.3. The summed E-state index contributed by atoms with van der Waals surface area (Å²) in [6.07, 6.45) is 0.911. The fourth-order valence-electron chi connectivity index (χ4n) is 2.23. The highest BCUT2D eigenvalue weighted by atomic mass is 16.5. The molecule has 1 N–H and O–H groups in total. The Morgan fingerprint density at radius 2 is 1.61 bits per heavy atom. The van der Waals surface area contributed by atoms with Crippen LogP contribution < -0.4 is 9.47 Å². The second kappa shape index (κ2) is 9.43. The molecule has 0 spiro atoms. The molecule has 0 saturated carbocycles. The van der Waals surface area contributed by atoms with Gasteiger partial charge in [-0.25, -0.2) is 0 Å². The van der Waals surface area contributed by atoms with E-state index < -0.39 is 5.97 Å². The average Bonchev–Trinajstić information content (AvgIpc) is 2.48. The fourth-order valence-corrected chi connectivity index (χ4v) is 2.23. The van der Waals surface area contributed by atoms with Gasteiger partial charge in [-0.2, -0.15) is 0 Å². The van der Waals surface area contributed by atoms with Gasteiger partial charge in [0.25, 0.3) is 0 Å². The number of benzene rings is 1. The second-order valence-corrected chi connectivity index (χ2v) is 6.82. The number of carboxylic acids is 1. The zero-order chi connectivity index (χ0) is 17.4. The summed E-state index contributed by atoms with van der Waals surface area (Å²) >= 11 is 0. The van der Waals surface area contributed by atoms with Crippen LogP contribution in [0.5, 0.6) is 11.5 Å². The van der Waals surface area contributed by atoms with Crippen molar-refractivity contribution in [3.63, 3.8) is 0 Å². The fraction of sp³-hybridized carbons (Fsp3) is 0.632. The molecule has 0 fully saturated rings. The summed E-state index contributed by atoms with van der Waals surface area (Å²) in [5.74, 6) is 1.50. The van der Waals surface area contributed by atoms with Crippen LogP contribution in [0.1, 0.15) is 58.9 Å². The molecule has 0 radical (unpaired) electrons. The van der Waals surface area contributed by atoms with Crippen LogP contribution in [0.4, 0.5) is 0 Å². The normalized spacial score (nSPS) is 12.5. The van der Waals surface area contributed by atoms with Crippen molar-refractivity contribution in [3.8, 4) is 11.5 Å². The molecule has 1 rings (SSSR count). The van der Waals surface area contributed by atoms with Gasteiger partial charge in [-0.05, 0) is 41.9 Å². The van der Waals surface area contributed by atoms with E-state index in [-0.39, 0.29) is 12.3 Å². The number of aliphatic carboxylic acids is 1. The second-order valence-electron chi connectivity index (χ2n) is 6.82. The van der Waals surface area contributed by atoms with Crippen LogP contribution in [0.25, 0.3) is 0 Å². The minimum Gasteiger partial charge on any atom is -0.489 e. The minimum atomic E-state index is -0.776. The summed E-state index contributed by atoms with van der Waals surface area (Å²) < 4.78 is 11.7. The quantitative estimate of drug-likeness (QED) is 0.677. The highest BCUT2D eigenvalue weighted by molar-refractivity contribution is 5.68. The molecule has 0 aliphatic carbocycles. The Balaban J connectivity index is 3.01. The van der Waals surface area contributed by atoms with Crippen LogP contribution in [0.3, 0.4) is 0 Å². The third kappa shape index (κ3) is 6.93. The first-order valence-electron chi connectivity index (χ1n) is 8.44. The lowest BCUT2D eigenvalue weighted by Gasteiger charge is -2.19. The Morgan fingerprint density at radius 3 is 2.09 bits per heavy atom. The van der Waals surface area contributed by atoms with E-state index in [1.165, 1.54) is 0 Å². The number of hydrogen-bond acceptors (Lipinski definition) is 3. The van der Waals surface area contributed by atoms with Gasteiger partial charge < -0.3 is 14.6 Å². The van der Waals surface area contributed by atoms with E-state index in [9.17, 15) is 4.79 Å². The van der Waals surface area contributed by atoms with Crippen LogP contribution in [-0.2, 0) is 4.79 Å². The molecule has 1 aromatic carbocycles. The third-order valence-corrected chi connectivity index (χ3v) is 3.50. The van der Waals surface area contributed by atoms with Gasteiger partial charge in [0.1, 0.15) is 0 Å². The van der Waals surface area contributed by atoms with Crippen molar-refractivity contribution in [1.29, 1.82) is 0 Å². The average molecular weight is 322 g/mol. The molecule has 1 unspecified atom stereocenters. The van der Waals surface area contributed by atoms with E-state index in [0.29, 0.717) is 30.8 Å². The largest absolute Gasteiger partial charge is 0.489 e. The molecule has 0 aliphatic heterocycles. The van der Waals surface area contributed by atoms with E-state index in [4.69, 9.17) is 14.6 Å². The minimum absolute atomic E-state index is 0.00644. The number of hydrogen-bond donors (Lipinski definition) is 1. The zero-order valence-electron chi connectivity index (χ0n) is 15.0. The SMILES string of the molecule is CCC(CC(=O)O)c1ccc(OCC(C)C)c(OCC(C)C)c1. The van der Waals surface area contributed by atoms with Gasteiger partial charge in [0.2, 0.25) is 0 Å². The highest BCUT2D eigenvalue weighted by Gasteiger charge is 2.17. The molecule has 0 amide bonds. The summed E-state index contributed by atoms with van der Waals surface area (Å²) in [5.41, 5.74) is 0.991. The Morgan fingerprint density at radius 1 is 1.04 bits per heavy atom. The topological polar surface area (TPSA) is 55.8 Å². The van der Waals surface area contributed by atoms with Gasteiger partial charge >= 0.3 is 5.97 Å². The van der Waals surface area contributed by atoms with Gasteiger partial charge in [-0.1, -0.05) is 40.7 Å². The molecular formula is C19H30O4. The van der Waals surface area contributed by atoms with Crippen molar-refractivity contribution in [3.05, 3.63) is 23.8 Å². The van der Waals surface area contributed by atoms with Gasteiger partial charge in [0, 0.05) is 0 Å². The number of carbonyl (C=O) groups is 1. The van der Waals surface area contributed by atoms with Crippen molar-refractivity contribution >= 4 is 5.97 Å². The molecule has 0 aliphatic rings. The molecular weight excluding hydrogens is 292 g/mol. The summed E-state index contributed by atoms with van der Waals surface area (Å²) in [7, 11) is 0. The first-order chi connectivity index (χ1) is 10.8. The van der Waals surface area contributed by atoms with Gasteiger partial charge in [-0.3, -0.25) is 4.79 Å². The summed E-state index contributed by atoms with van der Waals surface area (Å²) in [6, 6.07) is 5.79. The van der Waals surface area contributed by atoms with Crippen LogP contribution in [0.2, 0.25) is 0 Å². The van der Waals surface area contributed by atoms with Gasteiger partial charge in [-0.15, -0.1) is 0 Å². The first-order valence-corrected chi connectivity index (χ1v) is 8.44. The molecule has 0 aromatic heterocycles. The summed E-state index contributed by atoms with van der Waals surface area (Å²) in [5, 5.41) is 9.07. The van der Waals surface area contributed by atoms with Crippen molar-refractivity contribution in [2.75, 3.05) is 13.2 Å². The predicted molar refractivity (Wildman–Crippen MR) is 92.4 cm³/mol. The van der Waals surface area contributed by atoms with Crippen LogP contribution in [0.15, 0.2) is 18.2 Å². The molecule has 0 heterocycles. The predicted octanol–water partition coefficient (Wildman–Crippen LogP) is 4.72. The smallest absolute Gasteiger partial charge is 0.303 e. The third-order valence-electron chi connectivity index (χ3n) is 3.50. The maximum absolute atomic E-state index is 11.0. The molecule has 1 atom stereocenters. The zero-order valence-corrected chi connectivity index (χ0v) is 15.0. The van der Waals surface area contributed by atoms with Gasteiger partial charge in [0.05, 0.1) is 19.6 Å². The maximum atomic E-state index is 11.0. The van der Waals surface area contributed by atoms with Crippen LogP contribution >= 0.6 is 0 Å². The lowest BCUT2D eigenvalue weighted by atomic mass is 9.93. The summed E-state index contributed by atoms with van der Waals surface area (Å²) in [6.45, 7) is 11.6. The summed E-state index contributed by atoms with van der Waals surface area (Å²) in [4.78, 5) is 11.0. The van der Waals surface area contributed by atoms with Gasteiger partial charge in [0.15, 0.2) is 11.5 Å². The standard InChI is InChI=1S/C19H30O4/c1-6-15(10-19(20)21)16-7-8-17(22-11-13(2)3)18(9-16)23-12-14(4)5/h7-9,13-15H,6,10-12H2,1-5H3,(H,20,21). The maximum Gasteiger partial charge on any atom is 0.303 e. The van der Waals surface area contributed by atoms with Crippen molar-refractivity contribution in [2.24, 2.45) is 11.8 Å². The molecule has 130 valence electrons. The highest BCUT2D eigenvalue weighted by Crippen LogP contribution is 2.34. The Hall–Kier alpha value is -1.71.